The maximum Gasteiger partial charge on any atom is 0.187 e. The first-order valence-electron chi connectivity index (χ1n) is 7.96. The second kappa shape index (κ2) is 11.3. The summed E-state index contributed by atoms with van der Waals surface area (Å²) in [5, 5.41) is 7.44. The summed E-state index contributed by atoms with van der Waals surface area (Å²) in [6, 6.07) is 15.3. The van der Waals surface area contributed by atoms with E-state index >= 15 is 0 Å². The number of halogens is 1. The molecule has 0 aliphatic rings. The van der Waals surface area contributed by atoms with Crippen LogP contribution in [0.25, 0.3) is 0 Å². The summed E-state index contributed by atoms with van der Waals surface area (Å²) in [6.07, 6.45) is 3.41. The Morgan fingerprint density at radius 1 is 1.04 bits per heavy atom. The van der Waals surface area contributed by atoms with Crippen LogP contribution < -0.4 is 20.2 Å². The van der Waals surface area contributed by atoms with Crippen molar-refractivity contribution in [2.24, 2.45) is 5.10 Å². The second-order valence-corrected chi connectivity index (χ2v) is 6.41. The third-order valence-corrected chi connectivity index (χ3v) is 3.87. The van der Waals surface area contributed by atoms with Crippen molar-refractivity contribution in [1.82, 2.24) is 10.7 Å². The van der Waals surface area contributed by atoms with Gasteiger partial charge in [0, 0.05) is 11.0 Å². The van der Waals surface area contributed by atoms with Crippen molar-refractivity contribution in [2.75, 3.05) is 19.8 Å². The van der Waals surface area contributed by atoms with Crippen LogP contribution in [0.4, 0.5) is 0 Å². The van der Waals surface area contributed by atoms with Gasteiger partial charge in [-0.05, 0) is 66.3 Å². The van der Waals surface area contributed by atoms with Crippen LogP contribution >= 0.6 is 28.1 Å². The molecule has 0 heterocycles. The molecule has 0 unspecified atom stereocenters. The lowest BCUT2D eigenvalue weighted by Crippen LogP contribution is -2.31. The minimum Gasteiger partial charge on any atom is -0.490 e. The summed E-state index contributed by atoms with van der Waals surface area (Å²) in [7, 11) is 0. The molecule has 0 aliphatic heterocycles. The van der Waals surface area contributed by atoms with E-state index in [1.165, 1.54) is 0 Å². The normalized spacial score (nSPS) is 10.3. The van der Waals surface area contributed by atoms with Crippen LogP contribution in [0.5, 0.6) is 11.5 Å². The number of thiocarbonyl (C=S) groups is 1. The SMILES string of the molecule is C=CCNC(=S)N/N=C\c1ccc(OCCOc2ccc(Br)cc2)cc1. The van der Waals surface area contributed by atoms with E-state index < -0.39 is 0 Å². The van der Waals surface area contributed by atoms with E-state index in [9.17, 15) is 0 Å². The fourth-order valence-corrected chi connectivity index (χ4v) is 2.27. The van der Waals surface area contributed by atoms with Gasteiger partial charge in [0.2, 0.25) is 0 Å². The number of hydrogen-bond acceptors (Lipinski definition) is 4. The average molecular weight is 434 g/mol. The van der Waals surface area contributed by atoms with Gasteiger partial charge >= 0.3 is 0 Å². The van der Waals surface area contributed by atoms with Crippen molar-refractivity contribution < 1.29 is 9.47 Å². The monoisotopic (exact) mass is 433 g/mol. The maximum absolute atomic E-state index is 5.66. The van der Waals surface area contributed by atoms with Crippen LogP contribution in [-0.2, 0) is 0 Å². The number of benzene rings is 2. The van der Waals surface area contributed by atoms with Gasteiger partial charge in [0.25, 0.3) is 0 Å². The predicted molar refractivity (Wildman–Crippen MR) is 113 cm³/mol. The summed E-state index contributed by atoms with van der Waals surface area (Å²) in [4.78, 5) is 0. The molecular weight excluding hydrogens is 414 g/mol. The van der Waals surface area contributed by atoms with Crippen LogP contribution in [0.2, 0.25) is 0 Å². The molecule has 0 spiro atoms. The topological polar surface area (TPSA) is 54.9 Å². The Bertz CT molecular complexity index is 733. The first kappa shape index (κ1) is 19.9. The number of hydrazone groups is 1. The first-order chi connectivity index (χ1) is 12.7. The molecule has 0 radical (unpaired) electrons. The lowest BCUT2D eigenvalue weighted by Gasteiger charge is -2.08. The van der Waals surface area contributed by atoms with E-state index in [1.54, 1.807) is 12.3 Å². The summed E-state index contributed by atoms with van der Waals surface area (Å²) in [5.74, 6) is 1.59. The molecule has 0 aromatic heterocycles. The Morgan fingerprint density at radius 3 is 2.19 bits per heavy atom. The fraction of sp³-hybridized carbons (Fsp3) is 0.158. The lowest BCUT2D eigenvalue weighted by atomic mass is 10.2. The zero-order chi connectivity index (χ0) is 18.6. The number of ether oxygens (including phenoxy) is 2. The molecule has 2 rings (SSSR count). The smallest absolute Gasteiger partial charge is 0.187 e. The maximum atomic E-state index is 5.66. The zero-order valence-electron chi connectivity index (χ0n) is 14.2. The van der Waals surface area contributed by atoms with E-state index in [4.69, 9.17) is 21.7 Å². The highest BCUT2D eigenvalue weighted by Crippen LogP contribution is 2.16. The van der Waals surface area contributed by atoms with Gasteiger partial charge in [-0.3, -0.25) is 5.43 Å². The molecule has 0 aliphatic carbocycles. The van der Waals surface area contributed by atoms with Crippen molar-refractivity contribution in [1.29, 1.82) is 0 Å². The Labute approximate surface area is 167 Å². The minimum atomic E-state index is 0.451. The fourth-order valence-electron chi connectivity index (χ4n) is 1.87. The summed E-state index contributed by atoms with van der Waals surface area (Å²) < 4.78 is 12.3. The van der Waals surface area contributed by atoms with Gasteiger partial charge in [-0.2, -0.15) is 5.10 Å². The molecule has 2 aromatic rings. The van der Waals surface area contributed by atoms with E-state index in [-0.39, 0.29) is 0 Å². The molecule has 2 aromatic carbocycles. The Morgan fingerprint density at radius 2 is 1.62 bits per heavy atom. The molecule has 5 nitrogen and oxygen atoms in total. The molecule has 0 bridgehead atoms. The van der Waals surface area contributed by atoms with Gasteiger partial charge in [0.05, 0.1) is 6.21 Å². The highest BCUT2D eigenvalue weighted by atomic mass is 79.9. The van der Waals surface area contributed by atoms with Gasteiger partial charge in [-0.1, -0.05) is 22.0 Å². The Hall–Kier alpha value is -2.38. The molecule has 7 heteroatoms. The summed E-state index contributed by atoms with van der Waals surface area (Å²) >= 11 is 8.43. The minimum absolute atomic E-state index is 0.451. The molecule has 0 saturated carbocycles. The largest absolute Gasteiger partial charge is 0.490 e. The Balaban J connectivity index is 1.69. The third kappa shape index (κ3) is 7.67. The summed E-state index contributed by atoms with van der Waals surface area (Å²) in [5.41, 5.74) is 3.67. The van der Waals surface area contributed by atoms with Crippen molar-refractivity contribution in [3.8, 4) is 11.5 Å². The molecule has 2 N–H and O–H groups in total. The van der Waals surface area contributed by atoms with E-state index in [0.717, 1.165) is 21.5 Å². The number of nitrogens with zero attached hydrogens (tertiary/aromatic N) is 1. The van der Waals surface area contributed by atoms with Gasteiger partial charge in [-0.15, -0.1) is 6.58 Å². The van der Waals surface area contributed by atoms with Crippen LogP contribution in [0, 0.1) is 0 Å². The van der Waals surface area contributed by atoms with Crippen LogP contribution in [0.3, 0.4) is 0 Å². The molecule has 0 fully saturated rings. The zero-order valence-corrected chi connectivity index (χ0v) is 16.6. The quantitative estimate of drug-likeness (QED) is 0.206. The second-order valence-electron chi connectivity index (χ2n) is 5.09. The van der Waals surface area contributed by atoms with E-state index in [2.05, 4.69) is 38.4 Å². The molecule has 136 valence electrons. The van der Waals surface area contributed by atoms with Crippen molar-refractivity contribution in [2.45, 2.75) is 0 Å². The van der Waals surface area contributed by atoms with Crippen LogP contribution in [-0.4, -0.2) is 31.1 Å². The molecule has 26 heavy (non-hydrogen) atoms. The summed E-state index contributed by atoms with van der Waals surface area (Å²) in [6.45, 7) is 5.14. The molecule has 0 saturated heterocycles. The molecule has 0 atom stereocenters. The van der Waals surface area contributed by atoms with Crippen LogP contribution in [0.15, 0.2) is 70.8 Å². The average Bonchev–Trinajstić information content (AvgIpc) is 2.66. The molecule has 0 amide bonds. The van der Waals surface area contributed by atoms with Gasteiger partial charge in [-0.25, -0.2) is 0 Å². The number of rotatable bonds is 9. The van der Waals surface area contributed by atoms with Gasteiger partial charge in [0.1, 0.15) is 24.7 Å². The van der Waals surface area contributed by atoms with Gasteiger partial charge in [0.15, 0.2) is 5.11 Å². The first-order valence-corrected chi connectivity index (χ1v) is 9.16. The standard InChI is InChI=1S/C19H20BrN3O2S/c1-2-11-21-19(26)23-22-14-15-3-7-17(8-4-15)24-12-13-25-18-9-5-16(20)6-10-18/h2-10,14H,1,11-13H2,(H2,21,23,26)/b22-14-. The highest BCUT2D eigenvalue weighted by molar-refractivity contribution is 9.10. The van der Waals surface area contributed by atoms with E-state index in [0.29, 0.717) is 24.9 Å². The highest BCUT2D eigenvalue weighted by Gasteiger charge is 1.97. The van der Waals surface area contributed by atoms with E-state index in [1.807, 2.05) is 48.5 Å². The van der Waals surface area contributed by atoms with Crippen LogP contribution in [0.1, 0.15) is 5.56 Å². The lowest BCUT2D eigenvalue weighted by molar-refractivity contribution is 0.217. The molecular formula is C19H20BrN3O2S. The third-order valence-electron chi connectivity index (χ3n) is 3.10. The van der Waals surface area contributed by atoms with Crippen molar-refractivity contribution in [3.05, 3.63) is 71.2 Å². The van der Waals surface area contributed by atoms with Crippen molar-refractivity contribution in [3.63, 3.8) is 0 Å². The predicted octanol–water partition coefficient (Wildman–Crippen LogP) is 3.89. The number of hydrogen-bond donors (Lipinski definition) is 2. The Kier molecular flexibility index (Phi) is 8.65. The van der Waals surface area contributed by atoms with Gasteiger partial charge < -0.3 is 14.8 Å². The number of nitrogens with one attached hydrogen (secondary N) is 2. The van der Waals surface area contributed by atoms with Crippen molar-refractivity contribution >= 4 is 39.5 Å².